The minimum Gasteiger partial charge on any atom is -0.288 e. The summed E-state index contributed by atoms with van der Waals surface area (Å²) in [5.41, 5.74) is 0.511. The van der Waals surface area contributed by atoms with Crippen LogP contribution in [0.15, 0.2) is 29.4 Å². The van der Waals surface area contributed by atoms with Crippen molar-refractivity contribution in [1.82, 2.24) is 14.1 Å². The monoisotopic (exact) mass is 347 g/mol. The Labute approximate surface area is 134 Å². The zero-order valence-corrected chi connectivity index (χ0v) is 14.3. The van der Waals surface area contributed by atoms with Crippen molar-refractivity contribution in [2.24, 2.45) is 0 Å². The minimum absolute atomic E-state index is 0.00485. The number of nitrogens with zero attached hydrogens (tertiary/aromatic N) is 2. The van der Waals surface area contributed by atoms with Gasteiger partial charge < -0.3 is 0 Å². The summed E-state index contributed by atoms with van der Waals surface area (Å²) in [7, 11) is -3.70. The van der Waals surface area contributed by atoms with Crippen LogP contribution in [0.3, 0.4) is 0 Å². The van der Waals surface area contributed by atoms with Gasteiger partial charge in [-0.1, -0.05) is 24.6 Å². The number of thioether (sulfide) groups is 1. The van der Waals surface area contributed by atoms with Crippen LogP contribution in [-0.4, -0.2) is 35.4 Å². The molecular formula is C13H18ClN3O2S2. The van der Waals surface area contributed by atoms with E-state index in [-0.39, 0.29) is 16.2 Å². The van der Waals surface area contributed by atoms with Crippen molar-refractivity contribution >= 4 is 39.0 Å². The predicted molar refractivity (Wildman–Crippen MR) is 87.6 cm³/mol. The molecule has 2 rings (SSSR count). The highest BCUT2D eigenvalue weighted by atomic mass is 35.5. The molecule has 0 bridgehead atoms. The number of imidazole rings is 1. The normalized spacial score (nSPS) is 13.7. The number of fused-ring (bicyclic) bond motifs is 1. The van der Waals surface area contributed by atoms with E-state index in [0.717, 1.165) is 17.9 Å². The zero-order chi connectivity index (χ0) is 15.5. The second kappa shape index (κ2) is 7.00. The second-order valence-corrected chi connectivity index (χ2v) is 8.03. The fourth-order valence-corrected chi connectivity index (χ4v) is 4.70. The minimum atomic E-state index is -3.70. The van der Waals surface area contributed by atoms with Gasteiger partial charge in [0.2, 0.25) is 0 Å². The quantitative estimate of drug-likeness (QED) is 0.782. The molecule has 2 aromatic rings. The van der Waals surface area contributed by atoms with Crippen molar-refractivity contribution < 1.29 is 8.42 Å². The summed E-state index contributed by atoms with van der Waals surface area (Å²) in [6.45, 7) is 3.93. The van der Waals surface area contributed by atoms with Crippen LogP contribution < -0.4 is 4.72 Å². The molecule has 0 aliphatic rings. The van der Waals surface area contributed by atoms with Gasteiger partial charge in [0.15, 0.2) is 10.2 Å². The zero-order valence-electron chi connectivity index (χ0n) is 11.9. The van der Waals surface area contributed by atoms with Crippen molar-refractivity contribution in [1.29, 1.82) is 0 Å². The first kappa shape index (κ1) is 16.6. The van der Waals surface area contributed by atoms with Crippen LogP contribution in [0.4, 0.5) is 0 Å². The average molecular weight is 348 g/mol. The lowest BCUT2D eigenvalue weighted by molar-refractivity contribution is 0.552. The summed E-state index contributed by atoms with van der Waals surface area (Å²) < 4.78 is 29.2. The van der Waals surface area contributed by atoms with Gasteiger partial charge in [-0.2, -0.15) is 11.8 Å². The third-order valence-electron chi connectivity index (χ3n) is 2.96. The molecule has 0 saturated carbocycles. The molecule has 0 amide bonds. The van der Waals surface area contributed by atoms with Gasteiger partial charge in [0, 0.05) is 12.2 Å². The number of halogens is 1. The molecule has 8 heteroatoms. The van der Waals surface area contributed by atoms with E-state index in [9.17, 15) is 8.42 Å². The number of pyridine rings is 1. The lowest BCUT2D eigenvalue weighted by Crippen LogP contribution is -2.33. The maximum absolute atomic E-state index is 12.5. The Balaban J connectivity index is 2.24. The largest absolute Gasteiger partial charge is 0.288 e. The van der Waals surface area contributed by atoms with Gasteiger partial charge in [0.05, 0.1) is 0 Å². The van der Waals surface area contributed by atoms with Crippen molar-refractivity contribution in [2.75, 3.05) is 11.5 Å². The summed E-state index contributed by atoms with van der Waals surface area (Å²) in [5, 5.41) is -0.0152. The highest BCUT2D eigenvalue weighted by Gasteiger charge is 2.25. The molecule has 1 N–H and O–H groups in total. The molecule has 0 aliphatic carbocycles. The Hall–Kier alpha value is -0.760. The molecule has 5 nitrogen and oxygen atoms in total. The number of nitrogens with one attached hydrogen (secondary N) is 1. The molecule has 1 atom stereocenters. The summed E-state index contributed by atoms with van der Waals surface area (Å²) >= 11 is 7.79. The fraction of sp³-hybridized carbons (Fsp3) is 0.462. The topological polar surface area (TPSA) is 63.5 Å². The molecule has 0 radical (unpaired) electrons. The second-order valence-electron chi connectivity index (χ2n) is 4.64. The maximum Gasteiger partial charge on any atom is 0.260 e. The van der Waals surface area contributed by atoms with E-state index in [2.05, 4.69) is 16.6 Å². The Kier molecular flexibility index (Phi) is 5.54. The summed E-state index contributed by atoms with van der Waals surface area (Å²) in [6.07, 6.45) is 2.41. The van der Waals surface area contributed by atoms with Crippen LogP contribution in [0.5, 0.6) is 0 Å². The van der Waals surface area contributed by atoms with Gasteiger partial charge in [-0.3, -0.25) is 4.40 Å². The molecule has 116 valence electrons. The molecule has 0 aromatic carbocycles. The van der Waals surface area contributed by atoms with Crippen molar-refractivity contribution in [2.45, 2.75) is 31.3 Å². The van der Waals surface area contributed by atoms with Gasteiger partial charge in [-0.05, 0) is 37.0 Å². The molecule has 0 spiro atoms. The molecule has 0 aliphatic heterocycles. The maximum atomic E-state index is 12.5. The van der Waals surface area contributed by atoms with Crippen LogP contribution in [0.25, 0.3) is 5.65 Å². The lowest BCUT2D eigenvalue weighted by atomic mass is 10.3. The average Bonchev–Trinajstić information content (AvgIpc) is 2.74. The smallest absolute Gasteiger partial charge is 0.260 e. The molecule has 0 saturated heterocycles. The van der Waals surface area contributed by atoms with E-state index in [0.29, 0.717) is 5.65 Å². The Morgan fingerprint density at radius 2 is 2.24 bits per heavy atom. The van der Waals surface area contributed by atoms with E-state index in [1.54, 1.807) is 36.2 Å². The molecule has 21 heavy (non-hydrogen) atoms. The number of sulfonamides is 1. The number of aromatic nitrogens is 2. The van der Waals surface area contributed by atoms with Crippen LogP contribution in [0.2, 0.25) is 5.15 Å². The molecule has 1 unspecified atom stereocenters. The lowest BCUT2D eigenvalue weighted by Gasteiger charge is -2.13. The SMILES string of the molecule is CCSCCC(C)NS(=O)(=O)c1c(Cl)nc2ccccn12. The van der Waals surface area contributed by atoms with Gasteiger partial charge in [0.1, 0.15) is 5.65 Å². The summed E-state index contributed by atoms with van der Waals surface area (Å²) in [6, 6.07) is 5.09. The van der Waals surface area contributed by atoms with E-state index in [1.165, 1.54) is 4.40 Å². The van der Waals surface area contributed by atoms with Crippen LogP contribution in [0, 0.1) is 0 Å². The summed E-state index contributed by atoms with van der Waals surface area (Å²) in [4.78, 5) is 4.07. The number of hydrogen-bond acceptors (Lipinski definition) is 4. The Morgan fingerprint density at radius 1 is 1.48 bits per heavy atom. The molecule has 2 aromatic heterocycles. The number of rotatable bonds is 7. The molecule has 0 fully saturated rings. The third-order valence-corrected chi connectivity index (χ3v) is 5.88. The van der Waals surface area contributed by atoms with Crippen molar-refractivity contribution in [3.63, 3.8) is 0 Å². The highest BCUT2D eigenvalue weighted by molar-refractivity contribution is 7.99. The highest BCUT2D eigenvalue weighted by Crippen LogP contribution is 2.22. The predicted octanol–water partition coefficient (Wildman–Crippen LogP) is 2.80. The van der Waals surface area contributed by atoms with E-state index in [4.69, 9.17) is 11.6 Å². The van der Waals surface area contributed by atoms with Crippen LogP contribution >= 0.6 is 23.4 Å². The van der Waals surface area contributed by atoms with Gasteiger partial charge in [0.25, 0.3) is 10.0 Å². The Morgan fingerprint density at radius 3 is 2.95 bits per heavy atom. The van der Waals surface area contributed by atoms with Crippen molar-refractivity contribution in [3.8, 4) is 0 Å². The number of hydrogen-bond donors (Lipinski definition) is 1. The standard InChI is InChI=1S/C13H18ClN3O2S2/c1-3-20-9-7-10(2)16-21(18,19)13-12(14)15-11-6-4-5-8-17(11)13/h4-6,8,10,16H,3,7,9H2,1-2H3. The van der Waals surface area contributed by atoms with Gasteiger partial charge in [-0.25, -0.2) is 18.1 Å². The van der Waals surface area contributed by atoms with Crippen molar-refractivity contribution in [3.05, 3.63) is 29.5 Å². The van der Waals surface area contributed by atoms with E-state index in [1.807, 2.05) is 6.92 Å². The molecule has 2 heterocycles. The van der Waals surface area contributed by atoms with Crippen LogP contribution in [-0.2, 0) is 10.0 Å². The van der Waals surface area contributed by atoms with Gasteiger partial charge >= 0.3 is 0 Å². The summed E-state index contributed by atoms with van der Waals surface area (Å²) in [5.74, 6) is 1.94. The molecular weight excluding hydrogens is 330 g/mol. The fourth-order valence-electron chi connectivity index (χ4n) is 1.97. The van der Waals surface area contributed by atoms with E-state index < -0.39 is 10.0 Å². The first-order valence-corrected chi connectivity index (χ1v) is 9.70. The first-order valence-electron chi connectivity index (χ1n) is 6.68. The Bertz CT molecular complexity index is 715. The first-order chi connectivity index (χ1) is 9.95. The van der Waals surface area contributed by atoms with Crippen LogP contribution in [0.1, 0.15) is 20.3 Å². The van der Waals surface area contributed by atoms with E-state index >= 15 is 0 Å². The van der Waals surface area contributed by atoms with Gasteiger partial charge in [-0.15, -0.1) is 0 Å². The third kappa shape index (κ3) is 3.91.